The van der Waals surface area contributed by atoms with E-state index in [0.717, 1.165) is 12.8 Å². The normalized spacial score (nSPS) is 12.1. The van der Waals surface area contributed by atoms with Gasteiger partial charge in [-0.1, -0.05) is 36.4 Å². The lowest BCUT2D eigenvalue weighted by Crippen LogP contribution is -2.33. The Kier molecular flexibility index (Phi) is 5.77. The fourth-order valence-corrected chi connectivity index (χ4v) is 2.59. The third-order valence-electron chi connectivity index (χ3n) is 3.06. The minimum Gasteiger partial charge on any atom is -0.464 e. The molecule has 0 aliphatic heterocycles. The molecule has 0 bridgehead atoms. The maximum Gasteiger partial charge on any atom is 0.322 e. The van der Waals surface area contributed by atoms with E-state index in [-0.39, 0.29) is 5.97 Å². The van der Waals surface area contributed by atoms with Crippen LogP contribution in [0.5, 0.6) is 0 Å². The van der Waals surface area contributed by atoms with Crippen molar-refractivity contribution in [1.82, 2.24) is 0 Å². The summed E-state index contributed by atoms with van der Waals surface area (Å²) in [5, 5.41) is 2.02. The monoisotopic (exact) mass is 289 g/mol. The molecule has 2 rings (SSSR count). The second kappa shape index (κ2) is 7.82. The van der Waals surface area contributed by atoms with Gasteiger partial charge >= 0.3 is 5.97 Å². The molecule has 0 fully saturated rings. The van der Waals surface area contributed by atoms with E-state index in [1.165, 1.54) is 10.4 Å². The van der Waals surface area contributed by atoms with Gasteiger partial charge in [0.1, 0.15) is 6.04 Å². The highest BCUT2D eigenvalue weighted by Crippen LogP contribution is 2.09. The van der Waals surface area contributed by atoms with E-state index >= 15 is 0 Å². The molecule has 1 unspecified atom stereocenters. The third kappa shape index (κ3) is 4.79. The molecule has 2 N–H and O–H groups in total. The molecule has 20 heavy (non-hydrogen) atoms. The van der Waals surface area contributed by atoms with Crippen molar-refractivity contribution in [3.63, 3.8) is 0 Å². The summed E-state index contributed by atoms with van der Waals surface area (Å²) in [6, 6.07) is 13.5. The van der Waals surface area contributed by atoms with Crippen molar-refractivity contribution in [3.8, 4) is 0 Å². The summed E-state index contributed by atoms with van der Waals surface area (Å²) < 4.78 is 5.21. The molecule has 0 aliphatic rings. The van der Waals surface area contributed by atoms with E-state index < -0.39 is 6.04 Å². The average Bonchev–Trinajstić information content (AvgIpc) is 2.99. The predicted molar refractivity (Wildman–Crippen MR) is 81.7 cm³/mol. The van der Waals surface area contributed by atoms with Crippen LogP contribution in [0.4, 0.5) is 0 Å². The first-order valence-corrected chi connectivity index (χ1v) is 7.62. The van der Waals surface area contributed by atoms with Crippen LogP contribution in [0.25, 0.3) is 0 Å². The molecule has 0 spiro atoms. The van der Waals surface area contributed by atoms with E-state index in [1.54, 1.807) is 11.3 Å². The molecule has 0 saturated carbocycles. The number of nitrogens with two attached hydrogens (primary N) is 1. The minimum absolute atomic E-state index is 0.308. The van der Waals surface area contributed by atoms with Crippen LogP contribution in [0.2, 0.25) is 0 Å². The average molecular weight is 289 g/mol. The van der Waals surface area contributed by atoms with Gasteiger partial charge in [-0.2, -0.15) is 0 Å². The van der Waals surface area contributed by atoms with Gasteiger partial charge < -0.3 is 10.5 Å². The highest BCUT2D eigenvalue weighted by molar-refractivity contribution is 7.09. The highest BCUT2D eigenvalue weighted by Gasteiger charge is 2.14. The Morgan fingerprint density at radius 3 is 2.65 bits per heavy atom. The first kappa shape index (κ1) is 14.8. The number of hydrogen-bond donors (Lipinski definition) is 1. The Morgan fingerprint density at radius 1 is 1.15 bits per heavy atom. The lowest BCUT2D eigenvalue weighted by molar-refractivity contribution is -0.145. The molecule has 0 saturated heterocycles. The van der Waals surface area contributed by atoms with Crippen molar-refractivity contribution < 1.29 is 9.53 Å². The number of benzene rings is 1. The Labute approximate surface area is 123 Å². The number of thiophene rings is 1. The molecule has 3 nitrogen and oxygen atoms in total. The second-order valence-corrected chi connectivity index (χ2v) is 5.66. The molecule has 106 valence electrons. The van der Waals surface area contributed by atoms with Crippen molar-refractivity contribution in [2.75, 3.05) is 6.61 Å². The van der Waals surface area contributed by atoms with Crippen LogP contribution < -0.4 is 5.73 Å². The number of rotatable bonds is 7. The number of carbonyl (C=O) groups excluding carboxylic acids is 1. The SMILES string of the molecule is NC(CCc1ccccc1)C(=O)OCCc1cccs1. The fourth-order valence-electron chi connectivity index (χ4n) is 1.90. The van der Waals surface area contributed by atoms with Crippen molar-refractivity contribution >= 4 is 17.3 Å². The number of hydrogen-bond acceptors (Lipinski definition) is 4. The predicted octanol–water partition coefficient (Wildman–Crippen LogP) is 2.79. The molecule has 1 atom stereocenters. The molecule has 0 amide bonds. The van der Waals surface area contributed by atoms with Gasteiger partial charge in [0.15, 0.2) is 0 Å². The van der Waals surface area contributed by atoms with Gasteiger partial charge in [-0.25, -0.2) is 0 Å². The summed E-state index contributed by atoms with van der Waals surface area (Å²) in [4.78, 5) is 13.0. The molecule has 0 radical (unpaired) electrons. The van der Waals surface area contributed by atoms with Crippen molar-refractivity contribution in [2.24, 2.45) is 5.73 Å². The Hall–Kier alpha value is -1.65. The van der Waals surface area contributed by atoms with Crippen molar-refractivity contribution in [3.05, 3.63) is 58.3 Å². The Bertz CT molecular complexity index is 511. The zero-order valence-corrected chi connectivity index (χ0v) is 12.1. The quantitative estimate of drug-likeness (QED) is 0.797. The zero-order chi connectivity index (χ0) is 14.2. The largest absolute Gasteiger partial charge is 0.464 e. The Balaban J connectivity index is 1.66. The summed E-state index contributed by atoms with van der Waals surface area (Å²) >= 11 is 1.67. The molecule has 1 aromatic heterocycles. The summed E-state index contributed by atoms with van der Waals surface area (Å²) in [6.07, 6.45) is 2.17. The number of ether oxygens (including phenoxy) is 1. The van der Waals surface area contributed by atoms with E-state index in [4.69, 9.17) is 10.5 Å². The molecule has 1 heterocycles. The first-order chi connectivity index (χ1) is 9.75. The van der Waals surface area contributed by atoms with Gasteiger partial charge in [0, 0.05) is 11.3 Å². The van der Waals surface area contributed by atoms with E-state index in [1.807, 2.05) is 47.8 Å². The van der Waals surface area contributed by atoms with Gasteiger partial charge in [0.2, 0.25) is 0 Å². The van der Waals surface area contributed by atoms with Gasteiger partial charge in [0.25, 0.3) is 0 Å². The van der Waals surface area contributed by atoms with Gasteiger partial charge in [0.05, 0.1) is 6.61 Å². The van der Waals surface area contributed by atoms with E-state index in [2.05, 4.69) is 0 Å². The van der Waals surface area contributed by atoms with Crippen molar-refractivity contribution in [2.45, 2.75) is 25.3 Å². The molecular formula is C16H19NO2S. The summed E-state index contributed by atoms with van der Waals surface area (Å²) in [5.74, 6) is -0.308. The summed E-state index contributed by atoms with van der Waals surface area (Å²) in [5.41, 5.74) is 7.04. The zero-order valence-electron chi connectivity index (χ0n) is 11.3. The number of aryl methyl sites for hydroxylation is 1. The highest BCUT2D eigenvalue weighted by atomic mass is 32.1. The fraction of sp³-hybridized carbons (Fsp3) is 0.312. The molecule has 4 heteroatoms. The van der Waals surface area contributed by atoms with Crippen LogP contribution >= 0.6 is 11.3 Å². The maximum absolute atomic E-state index is 11.7. The molecular weight excluding hydrogens is 270 g/mol. The van der Waals surface area contributed by atoms with E-state index in [0.29, 0.717) is 13.0 Å². The van der Waals surface area contributed by atoms with E-state index in [9.17, 15) is 4.79 Å². The molecule has 2 aromatic rings. The van der Waals surface area contributed by atoms with Gasteiger partial charge in [-0.15, -0.1) is 11.3 Å². The Morgan fingerprint density at radius 2 is 1.95 bits per heavy atom. The van der Waals surface area contributed by atoms with Gasteiger partial charge in [-0.3, -0.25) is 4.79 Å². The van der Waals surface area contributed by atoms with Crippen LogP contribution in [0.15, 0.2) is 47.8 Å². The topological polar surface area (TPSA) is 52.3 Å². The number of esters is 1. The maximum atomic E-state index is 11.7. The summed E-state index contributed by atoms with van der Waals surface area (Å²) in [7, 11) is 0. The third-order valence-corrected chi connectivity index (χ3v) is 4.00. The standard InChI is InChI=1S/C16H19NO2S/c17-15(9-8-13-5-2-1-3-6-13)16(18)19-11-10-14-7-4-12-20-14/h1-7,12,15H,8-11,17H2. The van der Waals surface area contributed by atoms with Crippen LogP contribution in [-0.4, -0.2) is 18.6 Å². The lowest BCUT2D eigenvalue weighted by Gasteiger charge is -2.11. The minimum atomic E-state index is -0.543. The first-order valence-electron chi connectivity index (χ1n) is 6.74. The van der Waals surface area contributed by atoms with Crippen LogP contribution in [-0.2, 0) is 22.4 Å². The van der Waals surface area contributed by atoms with Gasteiger partial charge in [-0.05, 0) is 29.9 Å². The van der Waals surface area contributed by atoms with Crippen LogP contribution in [0.1, 0.15) is 16.9 Å². The summed E-state index contributed by atoms with van der Waals surface area (Å²) in [6.45, 7) is 0.401. The molecule has 0 aliphatic carbocycles. The number of carbonyl (C=O) groups is 1. The molecule has 1 aromatic carbocycles. The lowest BCUT2D eigenvalue weighted by atomic mass is 10.1. The van der Waals surface area contributed by atoms with Crippen LogP contribution in [0.3, 0.4) is 0 Å². The smallest absolute Gasteiger partial charge is 0.322 e. The second-order valence-electron chi connectivity index (χ2n) is 4.63. The van der Waals surface area contributed by atoms with Crippen LogP contribution in [0, 0.1) is 0 Å². The van der Waals surface area contributed by atoms with Crippen molar-refractivity contribution in [1.29, 1.82) is 0 Å².